The van der Waals surface area contributed by atoms with Gasteiger partial charge < -0.3 is 4.42 Å². The largest absolute Gasteiger partial charge is 0.441 e. The number of rotatable bonds is 13. The number of aryl methyl sites for hydroxylation is 2. The van der Waals surface area contributed by atoms with Crippen molar-refractivity contribution in [1.82, 2.24) is 4.98 Å². The summed E-state index contributed by atoms with van der Waals surface area (Å²) in [7, 11) is 0. The Hall–Kier alpha value is -1.31. The quantitative estimate of drug-likeness (QED) is 0.322. The van der Waals surface area contributed by atoms with E-state index in [4.69, 9.17) is 4.42 Å². The van der Waals surface area contributed by atoms with Gasteiger partial charge in [-0.2, -0.15) is 0 Å². The standard InChI is InChI=1S/C26H43NO/c1-6-7-8-9-10-11-12-13-14-15-16-17-18-22-19-25-24(27-21(2)28-25)20-23(22)26(3,4)5/h19-20H,6-18H2,1-5H3. The van der Waals surface area contributed by atoms with Crippen LogP contribution in [0.5, 0.6) is 0 Å². The summed E-state index contributed by atoms with van der Waals surface area (Å²) >= 11 is 0. The number of hydrogen-bond donors (Lipinski definition) is 0. The van der Waals surface area contributed by atoms with Crippen LogP contribution in [0.2, 0.25) is 0 Å². The SMILES string of the molecule is CCCCCCCCCCCCCCc1cc2oc(C)nc2cc1C(C)(C)C. The Morgan fingerprint density at radius 3 is 1.86 bits per heavy atom. The average Bonchev–Trinajstić information content (AvgIpc) is 3.00. The molecule has 2 rings (SSSR count). The van der Waals surface area contributed by atoms with E-state index in [1.807, 2.05) is 6.92 Å². The smallest absolute Gasteiger partial charge is 0.192 e. The lowest BCUT2D eigenvalue weighted by molar-refractivity contribution is 0.540. The zero-order valence-electron chi connectivity index (χ0n) is 19.2. The Bertz CT molecular complexity index is 692. The van der Waals surface area contributed by atoms with Crippen LogP contribution in [0, 0.1) is 6.92 Å². The summed E-state index contributed by atoms with van der Waals surface area (Å²) in [5.74, 6) is 0.761. The molecule has 0 saturated carbocycles. The molecule has 1 aromatic heterocycles. The normalized spacial score (nSPS) is 12.2. The third-order valence-electron chi connectivity index (χ3n) is 5.83. The molecule has 2 heteroatoms. The number of aromatic nitrogens is 1. The van der Waals surface area contributed by atoms with E-state index in [1.165, 1.54) is 88.2 Å². The van der Waals surface area contributed by atoms with Crippen LogP contribution in [0.15, 0.2) is 16.5 Å². The Kier molecular flexibility index (Phi) is 9.55. The van der Waals surface area contributed by atoms with Gasteiger partial charge in [-0.15, -0.1) is 0 Å². The van der Waals surface area contributed by atoms with Gasteiger partial charge in [0.2, 0.25) is 0 Å². The Morgan fingerprint density at radius 2 is 1.32 bits per heavy atom. The molecule has 2 aromatic rings. The molecule has 0 atom stereocenters. The Balaban J connectivity index is 1.69. The highest BCUT2D eigenvalue weighted by molar-refractivity contribution is 5.75. The molecule has 28 heavy (non-hydrogen) atoms. The number of hydrogen-bond acceptors (Lipinski definition) is 2. The van der Waals surface area contributed by atoms with Gasteiger partial charge in [0.05, 0.1) is 0 Å². The van der Waals surface area contributed by atoms with Crippen molar-refractivity contribution < 1.29 is 4.42 Å². The van der Waals surface area contributed by atoms with Crippen molar-refractivity contribution in [3.05, 3.63) is 29.2 Å². The molecule has 158 valence electrons. The van der Waals surface area contributed by atoms with Crippen LogP contribution >= 0.6 is 0 Å². The summed E-state index contributed by atoms with van der Waals surface area (Å²) in [4.78, 5) is 4.53. The minimum atomic E-state index is 0.146. The van der Waals surface area contributed by atoms with Crippen molar-refractivity contribution >= 4 is 11.1 Å². The lowest BCUT2D eigenvalue weighted by Gasteiger charge is -2.23. The van der Waals surface area contributed by atoms with Crippen molar-refractivity contribution in [2.24, 2.45) is 0 Å². The van der Waals surface area contributed by atoms with Crippen LogP contribution in [-0.4, -0.2) is 4.98 Å². The second-order valence-electron chi connectivity index (χ2n) is 9.60. The highest BCUT2D eigenvalue weighted by Gasteiger charge is 2.20. The average molecular weight is 386 g/mol. The molecule has 0 bridgehead atoms. The minimum absolute atomic E-state index is 0.146. The van der Waals surface area contributed by atoms with E-state index in [9.17, 15) is 0 Å². The van der Waals surface area contributed by atoms with Gasteiger partial charge in [-0.05, 0) is 41.5 Å². The number of oxazole rings is 1. The summed E-state index contributed by atoms with van der Waals surface area (Å²) in [6.07, 6.45) is 17.9. The van der Waals surface area contributed by atoms with E-state index < -0.39 is 0 Å². The Labute approximate surface area is 173 Å². The molecule has 0 saturated heterocycles. The second-order valence-corrected chi connectivity index (χ2v) is 9.60. The molecule has 0 aliphatic carbocycles. The third kappa shape index (κ3) is 7.60. The van der Waals surface area contributed by atoms with Crippen molar-refractivity contribution in [2.45, 2.75) is 124 Å². The fourth-order valence-corrected chi connectivity index (χ4v) is 4.19. The Morgan fingerprint density at radius 1 is 0.786 bits per heavy atom. The minimum Gasteiger partial charge on any atom is -0.441 e. The van der Waals surface area contributed by atoms with E-state index in [2.05, 4.69) is 44.8 Å². The second kappa shape index (κ2) is 11.6. The summed E-state index contributed by atoms with van der Waals surface area (Å²) in [6, 6.07) is 4.50. The molecular formula is C26H43NO. The van der Waals surface area contributed by atoms with Crippen LogP contribution in [0.1, 0.15) is 122 Å². The van der Waals surface area contributed by atoms with Crippen molar-refractivity contribution in [3.63, 3.8) is 0 Å². The van der Waals surface area contributed by atoms with Crippen LogP contribution in [0.25, 0.3) is 11.1 Å². The molecule has 0 spiro atoms. The third-order valence-corrected chi connectivity index (χ3v) is 5.83. The number of fused-ring (bicyclic) bond motifs is 1. The summed E-state index contributed by atoms with van der Waals surface area (Å²) in [6.45, 7) is 11.1. The van der Waals surface area contributed by atoms with Crippen LogP contribution in [0.3, 0.4) is 0 Å². The molecule has 0 N–H and O–H groups in total. The van der Waals surface area contributed by atoms with Crippen LogP contribution in [-0.2, 0) is 11.8 Å². The van der Waals surface area contributed by atoms with Crippen molar-refractivity contribution in [1.29, 1.82) is 0 Å². The summed E-state index contributed by atoms with van der Waals surface area (Å²) in [5, 5.41) is 0. The van der Waals surface area contributed by atoms with Gasteiger partial charge in [-0.1, -0.05) is 98.3 Å². The van der Waals surface area contributed by atoms with E-state index in [-0.39, 0.29) is 5.41 Å². The maximum absolute atomic E-state index is 5.78. The lowest BCUT2D eigenvalue weighted by atomic mass is 9.82. The zero-order chi connectivity index (χ0) is 20.4. The van der Waals surface area contributed by atoms with Gasteiger partial charge in [0.1, 0.15) is 5.52 Å². The first-order chi connectivity index (χ1) is 13.4. The molecule has 2 nitrogen and oxygen atoms in total. The van der Waals surface area contributed by atoms with Gasteiger partial charge in [0.25, 0.3) is 0 Å². The fraction of sp³-hybridized carbons (Fsp3) is 0.731. The van der Waals surface area contributed by atoms with Crippen molar-refractivity contribution in [3.8, 4) is 0 Å². The molecule has 0 aliphatic rings. The van der Waals surface area contributed by atoms with E-state index in [0.717, 1.165) is 23.4 Å². The summed E-state index contributed by atoms with van der Waals surface area (Å²) in [5.41, 5.74) is 4.97. The zero-order valence-corrected chi connectivity index (χ0v) is 19.2. The molecule has 0 unspecified atom stereocenters. The van der Waals surface area contributed by atoms with Gasteiger partial charge in [-0.25, -0.2) is 4.98 Å². The highest BCUT2D eigenvalue weighted by Crippen LogP contribution is 2.31. The van der Waals surface area contributed by atoms with E-state index in [1.54, 1.807) is 0 Å². The van der Waals surface area contributed by atoms with Gasteiger partial charge >= 0.3 is 0 Å². The highest BCUT2D eigenvalue weighted by atomic mass is 16.3. The number of benzene rings is 1. The van der Waals surface area contributed by atoms with Crippen LogP contribution < -0.4 is 0 Å². The first kappa shape index (κ1) is 23.0. The lowest BCUT2D eigenvalue weighted by Crippen LogP contribution is -2.14. The first-order valence-corrected chi connectivity index (χ1v) is 11.8. The predicted octanol–water partition coefficient (Wildman–Crippen LogP) is 8.68. The topological polar surface area (TPSA) is 26.0 Å². The monoisotopic (exact) mass is 385 g/mol. The molecule has 0 radical (unpaired) electrons. The fourth-order valence-electron chi connectivity index (χ4n) is 4.19. The summed E-state index contributed by atoms with van der Waals surface area (Å²) < 4.78 is 5.78. The van der Waals surface area contributed by atoms with Gasteiger partial charge in [0, 0.05) is 6.92 Å². The maximum atomic E-state index is 5.78. The van der Waals surface area contributed by atoms with Gasteiger partial charge in [0.15, 0.2) is 11.5 Å². The molecule has 0 aliphatic heterocycles. The molecule has 0 amide bonds. The number of unbranched alkanes of at least 4 members (excludes halogenated alkanes) is 11. The van der Waals surface area contributed by atoms with E-state index >= 15 is 0 Å². The molecular weight excluding hydrogens is 342 g/mol. The van der Waals surface area contributed by atoms with Gasteiger partial charge in [-0.3, -0.25) is 0 Å². The van der Waals surface area contributed by atoms with E-state index in [0.29, 0.717) is 0 Å². The van der Waals surface area contributed by atoms with Crippen molar-refractivity contribution in [2.75, 3.05) is 0 Å². The number of nitrogens with zero attached hydrogens (tertiary/aromatic N) is 1. The molecule has 1 heterocycles. The predicted molar refractivity (Wildman–Crippen MR) is 122 cm³/mol. The maximum Gasteiger partial charge on any atom is 0.192 e. The first-order valence-electron chi connectivity index (χ1n) is 11.8. The molecule has 0 fully saturated rings. The molecule has 1 aromatic carbocycles. The van der Waals surface area contributed by atoms with Crippen LogP contribution in [0.4, 0.5) is 0 Å².